The first-order valence-corrected chi connectivity index (χ1v) is 15.1. The molecule has 2 aromatic carbocycles. The Morgan fingerprint density at radius 3 is 2.34 bits per heavy atom. The summed E-state index contributed by atoms with van der Waals surface area (Å²) < 4.78 is 25.3. The lowest BCUT2D eigenvalue weighted by Gasteiger charge is -2.43. The van der Waals surface area contributed by atoms with Crippen LogP contribution < -0.4 is 5.32 Å². The fourth-order valence-corrected chi connectivity index (χ4v) is 6.42. The molecule has 1 amide bonds. The highest BCUT2D eigenvalue weighted by Crippen LogP contribution is 2.27. The van der Waals surface area contributed by atoms with Gasteiger partial charge in [-0.3, -0.25) is 4.79 Å². The first kappa shape index (κ1) is 26.5. The zero-order chi connectivity index (χ0) is 26.9. The largest absolute Gasteiger partial charge is 0.340 e. The van der Waals surface area contributed by atoms with E-state index in [9.17, 15) is 13.2 Å². The first-order valence-electron chi connectivity index (χ1n) is 13.2. The first-order chi connectivity index (χ1) is 18.2. The van der Waals surface area contributed by atoms with Crippen LogP contribution in [-0.2, 0) is 10.0 Å². The van der Waals surface area contributed by atoms with Crippen molar-refractivity contribution in [3.8, 4) is 0 Å². The standard InChI is InChI=1S/C28H36N6O3S/c1-20-26(29-19-30-27(20)31-23-9-8-21-6-4-5-7-22(21)18-23)28(35)34-16-12-25(13-17-34)33-14-10-24(11-15-33)32(2)38(3,36)37/h4-9,18-19,24-25H,10-17H2,1-3H3,(H,29,30,31). The van der Waals surface area contributed by atoms with Gasteiger partial charge in [-0.1, -0.05) is 30.3 Å². The van der Waals surface area contributed by atoms with Gasteiger partial charge >= 0.3 is 0 Å². The van der Waals surface area contributed by atoms with Crippen LogP contribution in [0.5, 0.6) is 0 Å². The zero-order valence-corrected chi connectivity index (χ0v) is 23.1. The molecular formula is C28H36N6O3S. The second-order valence-corrected chi connectivity index (χ2v) is 12.5. The van der Waals surface area contributed by atoms with Crippen LogP contribution in [0, 0.1) is 6.92 Å². The van der Waals surface area contributed by atoms with Crippen molar-refractivity contribution in [1.29, 1.82) is 0 Å². The molecule has 202 valence electrons. The monoisotopic (exact) mass is 536 g/mol. The highest BCUT2D eigenvalue weighted by Gasteiger charge is 2.33. The van der Waals surface area contributed by atoms with Gasteiger partial charge in [-0.15, -0.1) is 0 Å². The number of fused-ring (bicyclic) bond motifs is 1. The smallest absolute Gasteiger partial charge is 0.272 e. The van der Waals surface area contributed by atoms with E-state index in [0.717, 1.165) is 55.4 Å². The number of rotatable bonds is 6. The maximum Gasteiger partial charge on any atom is 0.272 e. The molecule has 0 radical (unpaired) electrons. The Morgan fingerprint density at radius 1 is 0.974 bits per heavy atom. The molecule has 9 nitrogen and oxygen atoms in total. The Kier molecular flexibility index (Phi) is 7.65. The number of likely N-dealkylation sites (tertiary alicyclic amines) is 2. The Morgan fingerprint density at radius 2 is 1.66 bits per heavy atom. The Hall–Kier alpha value is -3.08. The molecule has 0 spiro atoms. The molecule has 3 aromatic rings. The third-order valence-electron chi connectivity index (χ3n) is 8.10. The van der Waals surface area contributed by atoms with Gasteiger partial charge in [0.1, 0.15) is 17.8 Å². The van der Waals surface area contributed by atoms with Crippen molar-refractivity contribution >= 4 is 38.2 Å². The Balaban J connectivity index is 1.19. The average molecular weight is 537 g/mol. The average Bonchev–Trinajstić information content (AvgIpc) is 2.93. The molecule has 5 rings (SSSR count). The maximum absolute atomic E-state index is 13.4. The van der Waals surface area contributed by atoms with Crippen LogP contribution in [0.3, 0.4) is 0 Å². The fraction of sp³-hybridized carbons (Fsp3) is 0.464. The summed E-state index contributed by atoms with van der Waals surface area (Å²) >= 11 is 0. The molecule has 2 saturated heterocycles. The Labute approximate surface area is 224 Å². The summed E-state index contributed by atoms with van der Waals surface area (Å²) in [6, 6.07) is 14.8. The summed E-state index contributed by atoms with van der Waals surface area (Å²) in [5.74, 6) is 0.578. The summed E-state index contributed by atoms with van der Waals surface area (Å²) in [6.45, 7) is 5.03. The number of amides is 1. The van der Waals surface area contributed by atoms with Crippen LogP contribution >= 0.6 is 0 Å². The maximum atomic E-state index is 13.4. The molecule has 0 aliphatic carbocycles. The highest BCUT2D eigenvalue weighted by molar-refractivity contribution is 7.88. The van der Waals surface area contributed by atoms with E-state index in [2.05, 4.69) is 44.5 Å². The van der Waals surface area contributed by atoms with Gasteiger partial charge in [0.2, 0.25) is 10.0 Å². The van der Waals surface area contributed by atoms with Crippen LogP contribution in [0.2, 0.25) is 0 Å². The minimum Gasteiger partial charge on any atom is -0.340 e. The number of aromatic nitrogens is 2. The lowest BCUT2D eigenvalue weighted by Crippen LogP contribution is -2.52. The number of nitrogens with one attached hydrogen (secondary N) is 1. The van der Waals surface area contributed by atoms with Gasteiger partial charge in [0.25, 0.3) is 5.91 Å². The molecule has 3 heterocycles. The molecule has 0 bridgehead atoms. The van der Waals surface area contributed by atoms with Gasteiger partial charge in [0, 0.05) is 43.5 Å². The van der Waals surface area contributed by atoms with Gasteiger partial charge in [-0.05, 0) is 68.6 Å². The number of hydrogen-bond donors (Lipinski definition) is 1. The van der Waals surface area contributed by atoms with Crippen LogP contribution in [0.25, 0.3) is 10.8 Å². The van der Waals surface area contributed by atoms with Crippen molar-refractivity contribution in [3.05, 3.63) is 60.0 Å². The molecule has 1 aromatic heterocycles. The number of sulfonamides is 1. The molecule has 0 atom stereocenters. The second kappa shape index (κ2) is 11.0. The lowest BCUT2D eigenvalue weighted by molar-refractivity contribution is 0.0542. The van der Waals surface area contributed by atoms with E-state index >= 15 is 0 Å². The molecule has 2 aliphatic rings. The number of carbonyl (C=O) groups is 1. The van der Waals surface area contributed by atoms with Crippen molar-refractivity contribution in [2.45, 2.75) is 44.7 Å². The van der Waals surface area contributed by atoms with E-state index in [1.807, 2.05) is 30.0 Å². The second-order valence-electron chi connectivity index (χ2n) is 10.5. The highest BCUT2D eigenvalue weighted by atomic mass is 32.2. The SMILES string of the molecule is Cc1c(Nc2ccc3ccccc3c2)ncnc1C(=O)N1CCC(N2CCC(N(C)S(C)(=O)=O)CC2)CC1. The number of piperidine rings is 2. The van der Waals surface area contributed by atoms with E-state index in [1.165, 1.54) is 22.3 Å². The topological polar surface area (TPSA) is 98.7 Å². The summed E-state index contributed by atoms with van der Waals surface area (Å²) in [4.78, 5) is 26.6. The molecule has 2 aliphatic heterocycles. The third kappa shape index (κ3) is 5.67. The van der Waals surface area contributed by atoms with Gasteiger partial charge in [-0.25, -0.2) is 22.7 Å². The molecular weight excluding hydrogens is 500 g/mol. The number of hydrogen-bond acceptors (Lipinski definition) is 7. The third-order valence-corrected chi connectivity index (χ3v) is 9.45. The van der Waals surface area contributed by atoms with E-state index in [-0.39, 0.29) is 11.9 Å². The lowest BCUT2D eigenvalue weighted by atomic mass is 9.97. The van der Waals surface area contributed by atoms with Gasteiger partial charge in [0.15, 0.2) is 0 Å². The van der Waals surface area contributed by atoms with Crippen LogP contribution in [0.4, 0.5) is 11.5 Å². The predicted molar refractivity (Wildman–Crippen MR) is 150 cm³/mol. The van der Waals surface area contributed by atoms with Gasteiger partial charge < -0.3 is 15.1 Å². The van der Waals surface area contributed by atoms with Crippen LogP contribution in [0.1, 0.15) is 41.7 Å². The van der Waals surface area contributed by atoms with Crippen molar-refractivity contribution in [2.24, 2.45) is 0 Å². The fourth-order valence-electron chi connectivity index (χ4n) is 5.66. The van der Waals surface area contributed by atoms with E-state index < -0.39 is 10.0 Å². The summed E-state index contributed by atoms with van der Waals surface area (Å²) in [7, 11) is -1.49. The number of benzene rings is 2. The summed E-state index contributed by atoms with van der Waals surface area (Å²) in [5, 5.41) is 5.67. The Bertz CT molecular complexity index is 1410. The van der Waals surface area contributed by atoms with E-state index in [1.54, 1.807) is 7.05 Å². The number of nitrogens with zero attached hydrogens (tertiary/aromatic N) is 5. The van der Waals surface area contributed by atoms with Crippen LogP contribution in [0.15, 0.2) is 48.8 Å². The molecule has 10 heteroatoms. The minimum atomic E-state index is -3.17. The molecule has 0 saturated carbocycles. The van der Waals surface area contributed by atoms with Gasteiger partial charge in [-0.2, -0.15) is 0 Å². The van der Waals surface area contributed by atoms with Crippen molar-refractivity contribution in [3.63, 3.8) is 0 Å². The summed E-state index contributed by atoms with van der Waals surface area (Å²) in [5.41, 5.74) is 2.09. The molecule has 38 heavy (non-hydrogen) atoms. The number of anilines is 2. The zero-order valence-electron chi connectivity index (χ0n) is 22.3. The van der Waals surface area contributed by atoms with Crippen molar-refractivity contribution < 1.29 is 13.2 Å². The molecule has 1 N–H and O–H groups in total. The minimum absolute atomic E-state index is 0.0570. The summed E-state index contributed by atoms with van der Waals surface area (Å²) in [6.07, 6.45) is 6.23. The van der Waals surface area contributed by atoms with Crippen LogP contribution in [-0.4, -0.2) is 90.0 Å². The molecule has 2 fully saturated rings. The van der Waals surface area contributed by atoms with Crippen molar-refractivity contribution in [2.75, 3.05) is 44.8 Å². The molecule has 0 unspecified atom stereocenters. The quantitative estimate of drug-likeness (QED) is 0.514. The van der Waals surface area contributed by atoms with E-state index in [4.69, 9.17) is 0 Å². The normalized spacial score (nSPS) is 18.3. The van der Waals surface area contributed by atoms with Gasteiger partial charge in [0.05, 0.1) is 6.26 Å². The number of carbonyl (C=O) groups excluding carboxylic acids is 1. The predicted octanol–water partition coefficient (Wildman–Crippen LogP) is 3.64. The van der Waals surface area contributed by atoms with Crippen molar-refractivity contribution in [1.82, 2.24) is 24.1 Å². The van der Waals surface area contributed by atoms with E-state index in [0.29, 0.717) is 30.6 Å².